The third kappa shape index (κ3) is 2.74. The Morgan fingerprint density at radius 3 is 2.70 bits per heavy atom. The molecule has 1 N–H and O–H groups in total. The Balaban J connectivity index is 1.86. The smallest absolute Gasteiger partial charge is 0.257 e. The third-order valence-corrected chi connectivity index (χ3v) is 4.75. The van der Waals surface area contributed by atoms with E-state index >= 15 is 0 Å². The van der Waals surface area contributed by atoms with Crippen LogP contribution in [0.3, 0.4) is 0 Å². The van der Waals surface area contributed by atoms with Gasteiger partial charge in [0.1, 0.15) is 0 Å². The Bertz CT molecular complexity index is 711. The van der Waals surface area contributed by atoms with Crippen molar-refractivity contribution < 1.29 is 9.90 Å². The first-order chi connectivity index (χ1) is 11.0. The molecule has 0 aliphatic carbocycles. The Hall–Kier alpha value is -2.21. The van der Waals surface area contributed by atoms with E-state index in [1.54, 1.807) is 10.9 Å². The van der Waals surface area contributed by atoms with E-state index in [1.807, 2.05) is 44.0 Å². The summed E-state index contributed by atoms with van der Waals surface area (Å²) in [4.78, 5) is 19.1. The highest BCUT2D eigenvalue weighted by atomic mass is 16.3. The van der Waals surface area contributed by atoms with Gasteiger partial charge in [0.25, 0.3) is 5.91 Å². The second-order valence-corrected chi connectivity index (χ2v) is 6.18. The maximum atomic E-state index is 12.9. The van der Waals surface area contributed by atoms with Crippen LogP contribution in [0.5, 0.6) is 0 Å². The van der Waals surface area contributed by atoms with Crippen LogP contribution in [0.15, 0.2) is 24.4 Å². The minimum atomic E-state index is -0.00928. The predicted octanol–water partition coefficient (Wildman–Crippen LogP) is 1.28. The summed E-state index contributed by atoms with van der Waals surface area (Å²) < 4.78 is 1.73. The fourth-order valence-electron chi connectivity index (χ4n) is 3.39. The van der Waals surface area contributed by atoms with Gasteiger partial charge in [-0.15, -0.1) is 0 Å². The molecule has 1 aliphatic heterocycles. The lowest BCUT2D eigenvalue weighted by Crippen LogP contribution is -2.30. The summed E-state index contributed by atoms with van der Waals surface area (Å²) in [6.45, 7) is 4.94. The number of carbonyl (C=O) groups excluding carboxylic acids is 1. The van der Waals surface area contributed by atoms with Gasteiger partial charge in [-0.3, -0.25) is 14.5 Å². The lowest BCUT2D eigenvalue weighted by molar-refractivity contribution is 0.0780. The molecular formula is C17H22N4O2. The maximum Gasteiger partial charge on any atom is 0.257 e. The molecule has 0 unspecified atom stereocenters. The molecule has 1 amide bonds. The number of rotatable bonds is 3. The van der Waals surface area contributed by atoms with Crippen molar-refractivity contribution in [3.63, 3.8) is 0 Å². The first-order valence-electron chi connectivity index (χ1n) is 7.84. The predicted molar refractivity (Wildman–Crippen MR) is 86.1 cm³/mol. The summed E-state index contributed by atoms with van der Waals surface area (Å²) in [5.74, 6) is 0.0820. The quantitative estimate of drug-likeness (QED) is 0.926. The highest BCUT2D eigenvalue weighted by Crippen LogP contribution is 2.32. The van der Waals surface area contributed by atoms with E-state index in [0.29, 0.717) is 18.7 Å². The number of hydrogen-bond donors (Lipinski definition) is 1. The molecule has 0 radical (unpaired) electrons. The molecule has 6 nitrogen and oxygen atoms in total. The number of aliphatic hydroxyl groups is 1. The minimum Gasteiger partial charge on any atom is -0.396 e. The van der Waals surface area contributed by atoms with E-state index in [9.17, 15) is 9.90 Å². The van der Waals surface area contributed by atoms with E-state index in [2.05, 4.69) is 10.1 Å². The number of nitrogens with zero attached hydrogens (tertiary/aromatic N) is 4. The summed E-state index contributed by atoms with van der Waals surface area (Å²) in [6.07, 6.45) is 1.75. The molecule has 122 valence electrons. The average molecular weight is 314 g/mol. The van der Waals surface area contributed by atoms with Gasteiger partial charge in [0, 0.05) is 56.2 Å². The van der Waals surface area contributed by atoms with Gasteiger partial charge in [-0.25, -0.2) is 0 Å². The number of aryl methyl sites for hydroxylation is 2. The SMILES string of the molecule is Cc1nn(C)c(C)c1C(=O)N1C[C@@H](CO)[C@H](c2ccccn2)C1. The number of carbonyl (C=O) groups is 1. The zero-order chi connectivity index (χ0) is 16.6. The summed E-state index contributed by atoms with van der Waals surface area (Å²) in [5, 5.41) is 14.0. The van der Waals surface area contributed by atoms with Crippen LogP contribution in [0.4, 0.5) is 0 Å². The average Bonchev–Trinajstić information content (AvgIpc) is 3.09. The minimum absolute atomic E-state index is 0.00928. The molecule has 0 spiro atoms. The van der Waals surface area contributed by atoms with E-state index in [0.717, 1.165) is 17.1 Å². The molecule has 2 aromatic rings. The highest BCUT2D eigenvalue weighted by Gasteiger charge is 2.37. The van der Waals surface area contributed by atoms with Gasteiger partial charge in [-0.2, -0.15) is 5.10 Å². The third-order valence-electron chi connectivity index (χ3n) is 4.75. The first-order valence-corrected chi connectivity index (χ1v) is 7.84. The molecule has 3 rings (SSSR count). The summed E-state index contributed by atoms with van der Waals surface area (Å²) in [7, 11) is 1.84. The van der Waals surface area contributed by atoms with Crippen molar-refractivity contribution in [2.75, 3.05) is 19.7 Å². The molecule has 0 saturated carbocycles. The summed E-state index contributed by atoms with van der Waals surface area (Å²) >= 11 is 0. The van der Waals surface area contributed by atoms with Crippen LogP contribution < -0.4 is 0 Å². The molecule has 1 saturated heterocycles. The molecule has 2 atom stereocenters. The van der Waals surface area contributed by atoms with Crippen LogP contribution >= 0.6 is 0 Å². The van der Waals surface area contributed by atoms with Crippen LogP contribution in [0, 0.1) is 19.8 Å². The number of likely N-dealkylation sites (tertiary alicyclic amines) is 1. The van der Waals surface area contributed by atoms with Crippen molar-refractivity contribution in [2.45, 2.75) is 19.8 Å². The zero-order valence-electron chi connectivity index (χ0n) is 13.7. The second kappa shape index (κ2) is 6.12. The fraction of sp³-hybridized carbons (Fsp3) is 0.471. The Labute approximate surface area is 135 Å². The maximum absolute atomic E-state index is 12.9. The summed E-state index contributed by atoms with van der Waals surface area (Å²) in [6, 6.07) is 5.77. The van der Waals surface area contributed by atoms with Crippen LogP contribution in [-0.4, -0.2) is 50.4 Å². The van der Waals surface area contributed by atoms with Crippen LogP contribution in [0.25, 0.3) is 0 Å². The molecule has 1 fully saturated rings. The lowest BCUT2D eigenvalue weighted by Gasteiger charge is -2.16. The Kier molecular flexibility index (Phi) is 4.17. The summed E-state index contributed by atoms with van der Waals surface area (Å²) in [5.41, 5.74) is 3.22. The van der Waals surface area contributed by atoms with Crippen molar-refractivity contribution in [3.05, 3.63) is 47.0 Å². The number of aliphatic hydroxyl groups excluding tert-OH is 1. The molecule has 3 heterocycles. The van der Waals surface area contributed by atoms with Gasteiger partial charge >= 0.3 is 0 Å². The van der Waals surface area contributed by atoms with Gasteiger partial charge in [0.15, 0.2) is 0 Å². The van der Waals surface area contributed by atoms with Crippen LogP contribution in [0.2, 0.25) is 0 Å². The van der Waals surface area contributed by atoms with Crippen molar-refractivity contribution in [2.24, 2.45) is 13.0 Å². The van der Waals surface area contributed by atoms with Crippen molar-refractivity contribution >= 4 is 5.91 Å². The lowest BCUT2D eigenvalue weighted by atomic mass is 9.93. The normalized spacial score (nSPS) is 21.0. The molecule has 1 aliphatic rings. The topological polar surface area (TPSA) is 71.2 Å². The molecule has 23 heavy (non-hydrogen) atoms. The largest absolute Gasteiger partial charge is 0.396 e. The number of aromatic nitrogens is 3. The van der Waals surface area contributed by atoms with E-state index in [1.165, 1.54) is 0 Å². The highest BCUT2D eigenvalue weighted by molar-refractivity contribution is 5.96. The van der Waals surface area contributed by atoms with Gasteiger partial charge in [0.2, 0.25) is 0 Å². The van der Waals surface area contributed by atoms with Crippen LogP contribution in [-0.2, 0) is 7.05 Å². The second-order valence-electron chi connectivity index (χ2n) is 6.18. The zero-order valence-corrected chi connectivity index (χ0v) is 13.7. The van der Waals surface area contributed by atoms with E-state index in [-0.39, 0.29) is 24.3 Å². The van der Waals surface area contributed by atoms with Gasteiger partial charge in [0.05, 0.1) is 11.3 Å². The van der Waals surface area contributed by atoms with E-state index in [4.69, 9.17) is 0 Å². The molecular weight excluding hydrogens is 292 g/mol. The van der Waals surface area contributed by atoms with Crippen LogP contribution in [0.1, 0.15) is 33.4 Å². The number of pyridine rings is 1. The first kappa shape index (κ1) is 15.7. The van der Waals surface area contributed by atoms with Gasteiger partial charge < -0.3 is 10.0 Å². The fourth-order valence-corrected chi connectivity index (χ4v) is 3.39. The van der Waals surface area contributed by atoms with Crippen molar-refractivity contribution in [1.82, 2.24) is 19.7 Å². The van der Waals surface area contributed by atoms with E-state index < -0.39 is 0 Å². The molecule has 0 aromatic carbocycles. The van der Waals surface area contributed by atoms with Gasteiger partial charge in [-0.05, 0) is 26.0 Å². The Morgan fingerprint density at radius 1 is 1.35 bits per heavy atom. The standard InChI is InChI=1S/C17H22N4O2/c1-11-16(12(2)20(3)19-11)17(23)21-8-13(10-22)14(9-21)15-6-4-5-7-18-15/h4-7,13-14,22H,8-10H2,1-3H3/t13-,14+/m0/s1. The number of hydrogen-bond acceptors (Lipinski definition) is 4. The molecule has 0 bridgehead atoms. The number of amides is 1. The molecule has 2 aromatic heterocycles. The Morgan fingerprint density at radius 2 is 2.13 bits per heavy atom. The monoisotopic (exact) mass is 314 g/mol. The van der Waals surface area contributed by atoms with Gasteiger partial charge in [-0.1, -0.05) is 6.07 Å². The van der Waals surface area contributed by atoms with Crippen molar-refractivity contribution in [3.8, 4) is 0 Å². The molecule has 6 heteroatoms. The van der Waals surface area contributed by atoms with Crippen molar-refractivity contribution in [1.29, 1.82) is 0 Å².